The van der Waals surface area contributed by atoms with E-state index in [2.05, 4.69) is 179 Å². The van der Waals surface area contributed by atoms with Gasteiger partial charge < -0.3 is 9.13 Å². The van der Waals surface area contributed by atoms with E-state index in [1.54, 1.807) is 0 Å². The van der Waals surface area contributed by atoms with Crippen LogP contribution < -0.4 is 0 Å². The zero-order chi connectivity index (χ0) is 31.3. The van der Waals surface area contributed by atoms with Crippen molar-refractivity contribution in [1.82, 2.24) is 9.13 Å². The number of hydrogen-bond acceptors (Lipinski definition) is 0. The second-order valence-corrected chi connectivity index (χ2v) is 12.9. The van der Waals surface area contributed by atoms with Crippen molar-refractivity contribution in [2.75, 3.05) is 0 Å². The van der Waals surface area contributed by atoms with Crippen molar-refractivity contribution in [2.45, 2.75) is 0 Å². The topological polar surface area (TPSA) is 9.86 Å². The molecule has 0 aliphatic heterocycles. The first-order chi connectivity index (χ1) is 23.8. The molecule has 2 aromatic heterocycles. The maximum atomic E-state index is 2.52. The molecule has 0 saturated heterocycles. The van der Waals surface area contributed by atoms with E-state index in [-0.39, 0.29) is 0 Å². The third kappa shape index (κ3) is 3.41. The van der Waals surface area contributed by atoms with E-state index in [1.807, 2.05) is 0 Å². The fraction of sp³-hybridized carbons (Fsp3) is 0. The molecular formula is C46H28N2. The lowest BCUT2D eigenvalue weighted by Gasteiger charge is -2.13. The molecule has 0 bridgehead atoms. The monoisotopic (exact) mass is 608 g/mol. The Morgan fingerprint density at radius 1 is 0.271 bits per heavy atom. The predicted molar refractivity (Wildman–Crippen MR) is 205 cm³/mol. The second kappa shape index (κ2) is 9.57. The highest BCUT2D eigenvalue weighted by Crippen LogP contribution is 2.45. The van der Waals surface area contributed by atoms with Crippen molar-refractivity contribution in [3.63, 3.8) is 0 Å². The highest BCUT2D eigenvalue weighted by Gasteiger charge is 2.21. The van der Waals surface area contributed by atoms with E-state index < -0.39 is 0 Å². The molecule has 0 atom stereocenters. The molecule has 0 N–H and O–H groups in total. The van der Waals surface area contributed by atoms with Gasteiger partial charge in [-0.25, -0.2) is 0 Å². The third-order valence-corrected chi connectivity index (χ3v) is 10.4. The van der Waals surface area contributed by atoms with E-state index in [4.69, 9.17) is 0 Å². The Labute approximate surface area is 276 Å². The van der Waals surface area contributed by atoms with Gasteiger partial charge in [0.05, 0.1) is 22.1 Å². The molecule has 0 spiro atoms. The minimum absolute atomic E-state index is 1.17. The summed E-state index contributed by atoms with van der Waals surface area (Å²) in [5.41, 5.74) is 7.24. The molecule has 48 heavy (non-hydrogen) atoms. The van der Waals surface area contributed by atoms with Crippen LogP contribution in [0.5, 0.6) is 0 Å². The Bertz CT molecular complexity index is 3120. The Balaban J connectivity index is 1.30. The van der Waals surface area contributed by atoms with Crippen LogP contribution in [0.3, 0.4) is 0 Å². The van der Waals surface area contributed by atoms with Gasteiger partial charge in [0, 0.05) is 38.3 Å². The number of benzene rings is 9. The lowest BCUT2D eigenvalue weighted by atomic mass is 9.95. The fourth-order valence-corrected chi connectivity index (χ4v) is 8.40. The van der Waals surface area contributed by atoms with Crippen LogP contribution in [0.1, 0.15) is 0 Å². The van der Waals surface area contributed by atoms with Gasteiger partial charge in [-0.1, -0.05) is 127 Å². The zero-order valence-electron chi connectivity index (χ0n) is 26.1. The fourth-order valence-electron chi connectivity index (χ4n) is 8.40. The number of aromatic nitrogens is 2. The molecule has 0 fully saturated rings. The molecular weight excluding hydrogens is 581 g/mol. The van der Waals surface area contributed by atoms with Gasteiger partial charge in [0.1, 0.15) is 0 Å². The highest BCUT2D eigenvalue weighted by molar-refractivity contribution is 6.36. The molecule has 11 aromatic rings. The molecule has 0 aliphatic carbocycles. The molecule has 0 saturated carbocycles. The largest absolute Gasteiger partial charge is 0.309 e. The van der Waals surface area contributed by atoms with Crippen LogP contribution >= 0.6 is 0 Å². The molecule has 0 unspecified atom stereocenters. The zero-order valence-corrected chi connectivity index (χ0v) is 26.1. The van der Waals surface area contributed by atoms with Gasteiger partial charge in [0.25, 0.3) is 0 Å². The summed E-state index contributed by atoms with van der Waals surface area (Å²) in [5.74, 6) is 0. The average molecular weight is 609 g/mol. The quantitative estimate of drug-likeness (QED) is 0.173. The number of nitrogens with zero attached hydrogens (tertiary/aromatic N) is 2. The van der Waals surface area contributed by atoms with Crippen molar-refractivity contribution in [3.8, 4) is 11.4 Å². The van der Waals surface area contributed by atoms with Crippen molar-refractivity contribution in [1.29, 1.82) is 0 Å². The van der Waals surface area contributed by atoms with E-state index >= 15 is 0 Å². The summed E-state index contributed by atoms with van der Waals surface area (Å²) in [6.07, 6.45) is 0. The first-order valence-corrected chi connectivity index (χ1v) is 16.6. The van der Waals surface area contributed by atoms with Gasteiger partial charge in [-0.15, -0.1) is 0 Å². The van der Waals surface area contributed by atoms with Crippen molar-refractivity contribution in [2.24, 2.45) is 0 Å². The summed E-state index contributed by atoms with van der Waals surface area (Å²) in [6.45, 7) is 0. The van der Waals surface area contributed by atoms with Gasteiger partial charge >= 0.3 is 0 Å². The Morgan fingerprint density at radius 3 is 1.65 bits per heavy atom. The van der Waals surface area contributed by atoms with E-state index in [0.29, 0.717) is 0 Å². The smallest absolute Gasteiger partial charge is 0.0626 e. The Morgan fingerprint density at radius 2 is 0.812 bits per heavy atom. The van der Waals surface area contributed by atoms with Crippen LogP contribution in [0.25, 0.3) is 98.1 Å². The number of para-hydroxylation sites is 1. The average Bonchev–Trinajstić information content (AvgIpc) is 3.68. The first-order valence-electron chi connectivity index (χ1n) is 16.6. The molecule has 0 radical (unpaired) electrons. The lowest BCUT2D eigenvalue weighted by molar-refractivity contribution is 1.17. The van der Waals surface area contributed by atoms with Crippen molar-refractivity contribution in [3.05, 3.63) is 170 Å². The second-order valence-electron chi connectivity index (χ2n) is 12.9. The maximum absolute atomic E-state index is 2.52. The summed E-state index contributed by atoms with van der Waals surface area (Å²) in [7, 11) is 0. The summed E-state index contributed by atoms with van der Waals surface area (Å²) < 4.78 is 4.94. The minimum Gasteiger partial charge on any atom is -0.309 e. The number of rotatable bonds is 2. The molecule has 0 aliphatic rings. The molecule has 2 heteroatoms. The van der Waals surface area contributed by atoms with Crippen molar-refractivity contribution < 1.29 is 0 Å². The molecule has 9 aromatic carbocycles. The highest BCUT2D eigenvalue weighted by atomic mass is 15.0. The molecule has 0 amide bonds. The number of fused-ring (bicyclic) bond motifs is 14. The molecule has 222 valence electrons. The van der Waals surface area contributed by atoms with Crippen LogP contribution in [-0.2, 0) is 0 Å². The van der Waals surface area contributed by atoms with Crippen LogP contribution in [0.4, 0.5) is 0 Å². The first kappa shape index (κ1) is 25.8. The summed E-state index contributed by atoms with van der Waals surface area (Å²) in [4.78, 5) is 0. The van der Waals surface area contributed by atoms with Crippen LogP contribution in [0.2, 0.25) is 0 Å². The predicted octanol–water partition coefficient (Wildman–Crippen LogP) is 12.5. The standard InChI is InChI=1S/C46H28N2/c1-2-13-31-27-32(23-21-29(31)11-1)47-41-20-10-9-17-37(41)40-28-33(24-26-42(40)47)48-43-25-22-30-12-3-4-14-34(30)44(43)45-38-18-7-5-15-35(38)36-16-6-8-19-39(36)46(45)48/h1-28H. The van der Waals surface area contributed by atoms with Gasteiger partial charge in [-0.3, -0.25) is 0 Å². The third-order valence-electron chi connectivity index (χ3n) is 10.4. The normalized spacial score (nSPS) is 12.2. The van der Waals surface area contributed by atoms with Gasteiger partial charge in [0.2, 0.25) is 0 Å². The number of hydrogen-bond donors (Lipinski definition) is 0. The van der Waals surface area contributed by atoms with Crippen LogP contribution in [0, 0.1) is 0 Å². The maximum Gasteiger partial charge on any atom is 0.0626 e. The van der Waals surface area contributed by atoms with Crippen LogP contribution in [-0.4, -0.2) is 9.13 Å². The molecule has 2 heterocycles. The van der Waals surface area contributed by atoms with E-state index in [9.17, 15) is 0 Å². The summed E-state index contributed by atoms with van der Waals surface area (Å²) in [5, 5.41) is 15.3. The van der Waals surface area contributed by atoms with Gasteiger partial charge in [-0.05, 0) is 80.2 Å². The summed E-state index contributed by atoms with van der Waals surface area (Å²) >= 11 is 0. The van der Waals surface area contributed by atoms with Crippen molar-refractivity contribution >= 4 is 86.7 Å². The van der Waals surface area contributed by atoms with Gasteiger partial charge in [-0.2, -0.15) is 0 Å². The lowest BCUT2D eigenvalue weighted by Crippen LogP contribution is -1.96. The van der Waals surface area contributed by atoms with Crippen LogP contribution in [0.15, 0.2) is 170 Å². The Hall–Kier alpha value is -6.38. The summed E-state index contributed by atoms with van der Waals surface area (Å²) in [6, 6.07) is 62.5. The van der Waals surface area contributed by atoms with E-state index in [0.717, 1.165) is 0 Å². The van der Waals surface area contributed by atoms with Gasteiger partial charge in [0.15, 0.2) is 0 Å². The SMILES string of the molecule is c1ccc2cc(-n3c4ccccc4c4cc(-n5c6ccc7ccccc7c6c6c7ccccc7c7ccccc7c65)ccc43)ccc2c1. The molecule has 2 nitrogen and oxygen atoms in total. The Kier molecular flexibility index (Phi) is 5.14. The molecule has 11 rings (SSSR count). The minimum atomic E-state index is 1.17. The van der Waals surface area contributed by atoms with E-state index in [1.165, 1.54) is 98.1 Å².